The highest BCUT2D eigenvalue weighted by Crippen LogP contribution is 2.31. The van der Waals surface area contributed by atoms with E-state index in [2.05, 4.69) is 5.32 Å². The maximum atomic E-state index is 13.5. The molecule has 1 aromatic rings. The average molecular weight is 284 g/mol. The van der Waals surface area contributed by atoms with Crippen LogP contribution >= 0.6 is 11.8 Å². The second-order valence-electron chi connectivity index (χ2n) is 3.85. The van der Waals surface area contributed by atoms with E-state index < -0.39 is 16.9 Å². The van der Waals surface area contributed by atoms with Gasteiger partial charge in [-0.05, 0) is 19.1 Å². The molecule has 0 fully saturated rings. The van der Waals surface area contributed by atoms with Crippen LogP contribution in [0.1, 0.15) is 24.2 Å². The molecule has 1 atom stereocenters. The second kappa shape index (κ2) is 7.74. The molecule has 0 aliphatic rings. The van der Waals surface area contributed by atoms with Gasteiger partial charge in [-0.3, -0.25) is 4.79 Å². The van der Waals surface area contributed by atoms with E-state index in [1.165, 1.54) is 18.2 Å². The molecule has 1 rings (SSSR count). The molecule has 0 saturated heterocycles. The van der Waals surface area contributed by atoms with Gasteiger partial charge in [0.15, 0.2) is 0 Å². The van der Waals surface area contributed by atoms with E-state index in [4.69, 9.17) is 5.26 Å². The highest BCUT2D eigenvalue weighted by atomic mass is 32.2. The number of hydrogen-bond donors (Lipinski definition) is 1. The van der Waals surface area contributed by atoms with E-state index in [-0.39, 0.29) is 23.6 Å². The van der Waals surface area contributed by atoms with E-state index in [0.29, 0.717) is 6.54 Å². The Kier molecular flexibility index (Phi) is 6.30. The summed E-state index contributed by atoms with van der Waals surface area (Å²) in [5, 5.41) is 10.4. The van der Waals surface area contributed by atoms with Crippen molar-refractivity contribution in [2.45, 2.75) is 18.6 Å². The minimum atomic E-state index is -0.607. The van der Waals surface area contributed by atoms with Crippen LogP contribution in [0.25, 0.3) is 0 Å². The summed E-state index contributed by atoms with van der Waals surface area (Å²) < 4.78 is 27.0. The molecule has 19 heavy (non-hydrogen) atoms. The Morgan fingerprint density at radius 1 is 1.47 bits per heavy atom. The summed E-state index contributed by atoms with van der Waals surface area (Å²) in [5.74, 6) is -1.36. The number of nitrogens with one attached hydrogen (secondary N) is 1. The van der Waals surface area contributed by atoms with Crippen LogP contribution in [-0.4, -0.2) is 18.2 Å². The van der Waals surface area contributed by atoms with Gasteiger partial charge in [0.2, 0.25) is 5.91 Å². The Bertz CT molecular complexity index is 468. The first-order valence-electron chi connectivity index (χ1n) is 5.75. The summed E-state index contributed by atoms with van der Waals surface area (Å²) in [4.78, 5) is 11.4. The van der Waals surface area contributed by atoms with Crippen LogP contribution in [0.3, 0.4) is 0 Å². The highest BCUT2D eigenvalue weighted by molar-refractivity contribution is 8.00. The van der Waals surface area contributed by atoms with Gasteiger partial charge in [0, 0.05) is 17.4 Å². The molecular weight excluding hydrogens is 270 g/mol. The van der Waals surface area contributed by atoms with Crippen molar-refractivity contribution < 1.29 is 13.6 Å². The van der Waals surface area contributed by atoms with Gasteiger partial charge >= 0.3 is 0 Å². The van der Waals surface area contributed by atoms with Gasteiger partial charge in [-0.2, -0.15) is 5.26 Å². The third-order valence-electron chi connectivity index (χ3n) is 2.43. The molecule has 0 unspecified atom stereocenters. The number of nitrogens with zero attached hydrogens (tertiary/aromatic N) is 1. The van der Waals surface area contributed by atoms with Crippen molar-refractivity contribution in [3.05, 3.63) is 35.4 Å². The number of nitriles is 1. The van der Waals surface area contributed by atoms with E-state index in [1.54, 1.807) is 6.92 Å². The van der Waals surface area contributed by atoms with Crippen molar-refractivity contribution in [2.75, 3.05) is 12.3 Å². The van der Waals surface area contributed by atoms with Gasteiger partial charge in [-0.25, -0.2) is 8.78 Å². The molecule has 1 N–H and O–H groups in total. The van der Waals surface area contributed by atoms with Gasteiger partial charge in [0.25, 0.3) is 0 Å². The predicted molar refractivity (Wildman–Crippen MR) is 70.5 cm³/mol. The Morgan fingerprint density at radius 2 is 2.11 bits per heavy atom. The van der Waals surface area contributed by atoms with Gasteiger partial charge in [-0.1, -0.05) is 6.07 Å². The quantitative estimate of drug-likeness (QED) is 0.817. The fourth-order valence-electron chi connectivity index (χ4n) is 1.49. The minimum Gasteiger partial charge on any atom is -0.354 e. The lowest BCUT2D eigenvalue weighted by atomic mass is 10.1. The molecule has 0 saturated carbocycles. The van der Waals surface area contributed by atoms with Crippen LogP contribution in [0, 0.1) is 23.0 Å². The zero-order valence-corrected chi connectivity index (χ0v) is 11.3. The SMILES string of the molecule is C[C@@H](SCC(=O)NCCC#N)c1c(F)cccc1F. The maximum Gasteiger partial charge on any atom is 0.230 e. The van der Waals surface area contributed by atoms with E-state index in [0.717, 1.165) is 11.8 Å². The van der Waals surface area contributed by atoms with Crippen molar-refractivity contribution in [3.8, 4) is 6.07 Å². The molecule has 1 amide bonds. The normalized spacial score (nSPS) is 11.7. The molecule has 0 aliphatic carbocycles. The molecule has 0 aliphatic heterocycles. The Morgan fingerprint density at radius 3 is 2.68 bits per heavy atom. The Balaban J connectivity index is 2.50. The number of thioether (sulfide) groups is 1. The number of amides is 1. The van der Waals surface area contributed by atoms with Gasteiger partial charge < -0.3 is 5.32 Å². The van der Waals surface area contributed by atoms with Crippen molar-refractivity contribution in [1.29, 1.82) is 5.26 Å². The van der Waals surface area contributed by atoms with Crippen molar-refractivity contribution >= 4 is 17.7 Å². The van der Waals surface area contributed by atoms with Crippen molar-refractivity contribution in [1.82, 2.24) is 5.32 Å². The molecule has 0 aromatic heterocycles. The summed E-state index contributed by atoms with van der Waals surface area (Å²) in [7, 11) is 0. The molecule has 3 nitrogen and oxygen atoms in total. The molecule has 102 valence electrons. The lowest BCUT2D eigenvalue weighted by Crippen LogP contribution is -2.26. The lowest BCUT2D eigenvalue weighted by Gasteiger charge is -2.13. The highest BCUT2D eigenvalue weighted by Gasteiger charge is 2.17. The molecule has 0 radical (unpaired) electrons. The van der Waals surface area contributed by atoms with Crippen LogP contribution in [0.5, 0.6) is 0 Å². The maximum absolute atomic E-state index is 13.5. The number of hydrogen-bond acceptors (Lipinski definition) is 3. The summed E-state index contributed by atoms with van der Waals surface area (Å²) >= 11 is 1.15. The number of halogens is 2. The topological polar surface area (TPSA) is 52.9 Å². The standard InChI is InChI=1S/C13H14F2N2OS/c1-9(13-10(14)4-2-5-11(13)15)19-8-12(18)17-7-3-6-16/h2,4-5,9H,3,7-8H2,1H3,(H,17,18)/t9-/m1/s1. The summed E-state index contributed by atoms with van der Waals surface area (Å²) in [5.41, 5.74) is -0.0164. The third kappa shape index (κ3) is 4.87. The minimum absolute atomic E-state index is 0.0164. The van der Waals surface area contributed by atoms with E-state index >= 15 is 0 Å². The molecule has 0 bridgehead atoms. The number of benzene rings is 1. The molecule has 1 aromatic carbocycles. The zero-order valence-electron chi connectivity index (χ0n) is 10.5. The molecule has 0 heterocycles. The fourth-order valence-corrected chi connectivity index (χ4v) is 2.39. The first-order chi connectivity index (χ1) is 9.06. The first-order valence-corrected chi connectivity index (χ1v) is 6.80. The van der Waals surface area contributed by atoms with Crippen LogP contribution in [0.15, 0.2) is 18.2 Å². The lowest BCUT2D eigenvalue weighted by molar-refractivity contribution is -0.118. The first kappa shape index (κ1) is 15.4. The number of carbonyl (C=O) groups excluding carboxylic acids is 1. The van der Waals surface area contributed by atoms with Gasteiger partial charge in [0.05, 0.1) is 18.2 Å². The second-order valence-corrected chi connectivity index (χ2v) is 5.18. The fraction of sp³-hybridized carbons (Fsp3) is 0.385. The average Bonchev–Trinajstić information content (AvgIpc) is 2.36. The van der Waals surface area contributed by atoms with Crippen LogP contribution in [0.4, 0.5) is 8.78 Å². The number of carbonyl (C=O) groups is 1. The Labute approximate surface area is 115 Å². The monoisotopic (exact) mass is 284 g/mol. The van der Waals surface area contributed by atoms with Gasteiger partial charge in [0.1, 0.15) is 11.6 Å². The van der Waals surface area contributed by atoms with E-state index in [9.17, 15) is 13.6 Å². The van der Waals surface area contributed by atoms with Gasteiger partial charge in [-0.15, -0.1) is 11.8 Å². The van der Waals surface area contributed by atoms with Crippen molar-refractivity contribution in [2.24, 2.45) is 0 Å². The summed E-state index contributed by atoms with van der Waals surface area (Å²) in [6.07, 6.45) is 0.244. The van der Waals surface area contributed by atoms with Crippen LogP contribution in [-0.2, 0) is 4.79 Å². The van der Waals surface area contributed by atoms with E-state index in [1.807, 2.05) is 6.07 Å². The van der Waals surface area contributed by atoms with Crippen LogP contribution in [0.2, 0.25) is 0 Å². The molecule has 0 spiro atoms. The number of rotatable bonds is 6. The predicted octanol–water partition coefficient (Wildman–Crippen LogP) is 2.79. The summed E-state index contributed by atoms with van der Waals surface area (Å²) in [6, 6.07) is 5.61. The van der Waals surface area contributed by atoms with Crippen LogP contribution < -0.4 is 5.32 Å². The Hall–Kier alpha value is -1.61. The third-order valence-corrected chi connectivity index (χ3v) is 3.59. The molecule has 6 heteroatoms. The molecular formula is C13H14F2N2OS. The zero-order chi connectivity index (χ0) is 14.3. The summed E-state index contributed by atoms with van der Waals surface area (Å²) in [6.45, 7) is 1.94. The largest absolute Gasteiger partial charge is 0.354 e. The smallest absolute Gasteiger partial charge is 0.230 e. The van der Waals surface area contributed by atoms with Crippen molar-refractivity contribution in [3.63, 3.8) is 0 Å².